The minimum Gasteiger partial charge on any atom is -0.478 e. The summed E-state index contributed by atoms with van der Waals surface area (Å²) in [4.78, 5) is 26.5. The van der Waals surface area contributed by atoms with Crippen LogP contribution in [0.15, 0.2) is 35.1 Å². The Balaban J connectivity index is 2.10. The second-order valence-electron chi connectivity index (χ2n) is 7.70. The van der Waals surface area contributed by atoms with Gasteiger partial charge in [-0.25, -0.2) is 13.6 Å². The molecule has 1 aromatic rings. The van der Waals surface area contributed by atoms with E-state index in [1.54, 1.807) is 6.08 Å². The molecule has 0 unspecified atom stereocenters. The number of hydrogen-bond acceptors (Lipinski definition) is 3. The highest BCUT2D eigenvalue weighted by atomic mass is 19.2. The van der Waals surface area contributed by atoms with Crippen molar-refractivity contribution in [3.05, 3.63) is 57.8 Å². The van der Waals surface area contributed by atoms with Crippen LogP contribution >= 0.6 is 0 Å². The van der Waals surface area contributed by atoms with E-state index >= 15 is 0 Å². The number of allylic oxidation sites excluding steroid dienone is 2. The summed E-state index contributed by atoms with van der Waals surface area (Å²) in [5.41, 5.74) is 0.845. The zero-order chi connectivity index (χ0) is 21.3. The second kappa shape index (κ2) is 8.45. The standard InChI is InChI=1S/C22H25F2NO4/c1-3-13-10-17(22(28)29)18(11-13)25(14-5-7-15(26)8-6-14)21(27)16-9-4-12(2)19(23)20(16)24/h4,9,11,14-15,26H,3,5-8,10H2,1-2H3,(H,28,29). The highest BCUT2D eigenvalue weighted by molar-refractivity contribution is 5.98. The maximum atomic E-state index is 14.6. The summed E-state index contributed by atoms with van der Waals surface area (Å²) < 4.78 is 28.7. The van der Waals surface area contributed by atoms with E-state index in [2.05, 4.69) is 0 Å². The topological polar surface area (TPSA) is 77.8 Å². The zero-order valence-electron chi connectivity index (χ0n) is 16.5. The Kier molecular flexibility index (Phi) is 6.17. The summed E-state index contributed by atoms with van der Waals surface area (Å²) in [5, 5.41) is 19.5. The van der Waals surface area contributed by atoms with Gasteiger partial charge >= 0.3 is 5.97 Å². The fraction of sp³-hybridized carbons (Fsp3) is 0.455. The predicted molar refractivity (Wildman–Crippen MR) is 103 cm³/mol. The minimum atomic E-state index is -1.23. The molecule has 156 valence electrons. The average molecular weight is 405 g/mol. The third-order valence-corrected chi connectivity index (χ3v) is 5.78. The van der Waals surface area contributed by atoms with Crippen molar-refractivity contribution in [2.75, 3.05) is 0 Å². The molecular weight excluding hydrogens is 380 g/mol. The number of carboxylic acids is 1. The Hall–Kier alpha value is -2.54. The molecule has 1 saturated carbocycles. The molecular formula is C22H25F2NO4. The SMILES string of the molecule is CCC1=CC(N(C(=O)c2ccc(C)c(F)c2F)C2CCC(O)CC2)=C(C(=O)O)C1. The third kappa shape index (κ3) is 4.10. The first kappa shape index (κ1) is 21.2. The van der Waals surface area contributed by atoms with E-state index in [1.165, 1.54) is 24.0 Å². The van der Waals surface area contributed by atoms with Crippen LogP contribution in [0.3, 0.4) is 0 Å². The number of amides is 1. The molecule has 1 fully saturated rings. The number of hydrogen-bond donors (Lipinski definition) is 2. The summed E-state index contributed by atoms with van der Waals surface area (Å²) in [5.74, 6) is -4.21. The van der Waals surface area contributed by atoms with Gasteiger partial charge < -0.3 is 15.1 Å². The van der Waals surface area contributed by atoms with E-state index < -0.39 is 41.2 Å². The highest BCUT2D eigenvalue weighted by Gasteiger charge is 2.36. The van der Waals surface area contributed by atoms with Crippen LogP contribution in [-0.4, -0.2) is 39.1 Å². The molecule has 0 bridgehead atoms. The fourth-order valence-electron chi connectivity index (χ4n) is 4.01. The lowest BCUT2D eigenvalue weighted by Crippen LogP contribution is -2.43. The van der Waals surface area contributed by atoms with Crippen LogP contribution in [0, 0.1) is 18.6 Å². The summed E-state index contributed by atoms with van der Waals surface area (Å²) >= 11 is 0. The molecule has 0 heterocycles. The Morgan fingerprint density at radius 1 is 1.14 bits per heavy atom. The zero-order valence-corrected chi connectivity index (χ0v) is 16.5. The van der Waals surface area contributed by atoms with Gasteiger partial charge in [0.1, 0.15) is 0 Å². The molecule has 1 amide bonds. The highest BCUT2D eigenvalue weighted by Crippen LogP contribution is 2.36. The molecule has 2 N–H and O–H groups in total. The first-order chi connectivity index (χ1) is 13.7. The first-order valence-corrected chi connectivity index (χ1v) is 9.86. The van der Waals surface area contributed by atoms with Crippen LogP contribution < -0.4 is 0 Å². The quantitative estimate of drug-likeness (QED) is 0.773. The van der Waals surface area contributed by atoms with Crippen LogP contribution in [0.2, 0.25) is 0 Å². The summed E-state index contributed by atoms with van der Waals surface area (Å²) in [6, 6.07) is 2.18. The van der Waals surface area contributed by atoms with Crippen LogP contribution in [0.5, 0.6) is 0 Å². The lowest BCUT2D eigenvalue weighted by molar-refractivity contribution is -0.132. The van der Waals surface area contributed by atoms with Gasteiger partial charge in [0.15, 0.2) is 11.6 Å². The van der Waals surface area contributed by atoms with E-state index in [-0.39, 0.29) is 23.3 Å². The molecule has 0 atom stereocenters. The molecule has 0 aliphatic heterocycles. The Bertz CT molecular complexity index is 898. The number of aliphatic hydroxyl groups is 1. The van der Waals surface area contributed by atoms with Gasteiger partial charge in [-0.3, -0.25) is 4.79 Å². The molecule has 7 heteroatoms. The fourth-order valence-corrected chi connectivity index (χ4v) is 4.01. The minimum absolute atomic E-state index is 0.0781. The lowest BCUT2D eigenvalue weighted by atomic mass is 9.90. The first-order valence-electron chi connectivity index (χ1n) is 9.86. The van der Waals surface area contributed by atoms with Gasteiger partial charge in [0, 0.05) is 12.5 Å². The number of carbonyl (C=O) groups excluding carboxylic acids is 1. The summed E-state index contributed by atoms with van der Waals surface area (Å²) in [6.07, 6.45) is 3.86. The van der Waals surface area contributed by atoms with Gasteiger partial charge in [0.05, 0.1) is 22.9 Å². The number of rotatable bonds is 5. The van der Waals surface area contributed by atoms with Crippen molar-refractivity contribution in [1.82, 2.24) is 4.90 Å². The van der Waals surface area contributed by atoms with E-state index in [4.69, 9.17) is 0 Å². The molecule has 2 aliphatic carbocycles. The van der Waals surface area contributed by atoms with Crippen molar-refractivity contribution in [3.63, 3.8) is 0 Å². The lowest BCUT2D eigenvalue weighted by Gasteiger charge is -2.36. The van der Waals surface area contributed by atoms with Crippen molar-refractivity contribution in [1.29, 1.82) is 0 Å². The number of aryl methyl sites for hydroxylation is 1. The molecule has 0 spiro atoms. The number of carbonyl (C=O) groups is 2. The average Bonchev–Trinajstić information content (AvgIpc) is 3.12. The van der Waals surface area contributed by atoms with Gasteiger partial charge in [0.2, 0.25) is 0 Å². The molecule has 2 aliphatic rings. The number of carboxylic acid groups (broad SMARTS) is 1. The Labute approximate surface area is 168 Å². The smallest absolute Gasteiger partial charge is 0.334 e. The molecule has 0 radical (unpaired) electrons. The van der Waals surface area contributed by atoms with Gasteiger partial charge in [0.25, 0.3) is 5.91 Å². The van der Waals surface area contributed by atoms with Crippen LogP contribution in [-0.2, 0) is 4.79 Å². The normalized spacial score (nSPS) is 21.9. The molecule has 3 rings (SSSR count). The molecule has 0 aromatic heterocycles. The number of aliphatic hydroxyl groups excluding tert-OH is 1. The van der Waals surface area contributed by atoms with Crippen molar-refractivity contribution in [3.8, 4) is 0 Å². The van der Waals surface area contributed by atoms with E-state index in [0.717, 1.165) is 5.57 Å². The van der Waals surface area contributed by atoms with Gasteiger partial charge in [-0.05, 0) is 56.7 Å². The predicted octanol–water partition coefficient (Wildman–Crippen LogP) is 4.10. The number of nitrogens with zero attached hydrogens (tertiary/aromatic N) is 1. The summed E-state index contributed by atoms with van der Waals surface area (Å²) in [7, 11) is 0. The molecule has 1 aromatic carbocycles. The summed E-state index contributed by atoms with van der Waals surface area (Å²) in [6.45, 7) is 3.30. The van der Waals surface area contributed by atoms with Crippen LogP contribution in [0.25, 0.3) is 0 Å². The number of benzene rings is 1. The van der Waals surface area contributed by atoms with E-state index in [1.807, 2.05) is 6.92 Å². The van der Waals surface area contributed by atoms with Crippen molar-refractivity contribution < 1.29 is 28.6 Å². The maximum Gasteiger partial charge on any atom is 0.334 e. The van der Waals surface area contributed by atoms with Crippen molar-refractivity contribution >= 4 is 11.9 Å². The largest absolute Gasteiger partial charge is 0.478 e. The maximum absolute atomic E-state index is 14.6. The van der Waals surface area contributed by atoms with Gasteiger partial charge in [-0.2, -0.15) is 0 Å². The van der Waals surface area contributed by atoms with Crippen LogP contribution in [0.1, 0.15) is 61.4 Å². The monoisotopic (exact) mass is 405 g/mol. The van der Waals surface area contributed by atoms with Crippen molar-refractivity contribution in [2.45, 2.75) is 64.5 Å². The molecule has 29 heavy (non-hydrogen) atoms. The van der Waals surface area contributed by atoms with Gasteiger partial charge in [-0.15, -0.1) is 0 Å². The Morgan fingerprint density at radius 3 is 2.38 bits per heavy atom. The molecule has 0 saturated heterocycles. The van der Waals surface area contributed by atoms with Crippen molar-refractivity contribution in [2.24, 2.45) is 0 Å². The number of aliphatic carboxylic acids is 1. The van der Waals surface area contributed by atoms with E-state index in [0.29, 0.717) is 32.1 Å². The Morgan fingerprint density at radius 2 is 1.79 bits per heavy atom. The third-order valence-electron chi connectivity index (χ3n) is 5.78. The van der Waals surface area contributed by atoms with Gasteiger partial charge in [-0.1, -0.05) is 18.6 Å². The molecule has 5 nitrogen and oxygen atoms in total. The number of halogens is 2. The second-order valence-corrected chi connectivity index (χ2v) is 7.70. The van der Waals surface area contributed by atoms with Crippen LogP contribution in [0.4, 0.5) is 8.78 Å². The van der Waals surface area contributed by atoms with E-state index in [9.17, 15) is 28.6 Å².